The zero-order valence-corrected chi connectivity index (χ0v) is 13.8. The van der Waals surface area contributed by atoms with Gasteiger partial charge >= 0.3 is 5.97 Å². The number of carboxylic acids is 1. The molecule has 0 saturated carbocycles. The largest absolute Gasteiger partial charge is 0.475 e. The molecule has 0 radical (unpaired) electrons. The molecule has 6 heteroatoms. The smallest absolute Gasteiger partial charge is 0.372 e. The molecule has 124 valence electrons. The van der Waals surface area contributed by atoms with E-state index in [4.69, 9.17) is 16.7 Å². The van der Waals surface area contributed by atoms with Crippen LogP contribution in [0.4, 0.5) is 5.69 Å². The van der Waals surface area contributed by atoms with Crippen molar-refractivity contribution in [3.8, 4) is 0 Å². The molecule has 0 aliphatic carbocycles. The molecule has 2 rings (SSSR count). The van der Waals surface area contributed by atoms with Crippen molar-refractivity contribution >= 4 is 34.9 Å². The number of aryl methyl sites for hydroxylation is 1. The van der Waals surface area contributed by atoms with Gasteiger partial charge in [-0.1, -0.05) is 41.4 Å². The fourth-order valence-electron chi connectivity index (χ4n) is 2.13. The highest BCUT2D eigenvalue weighted by Gasteiger charge is 2.23. The van der Waals surface area contributed by atoms with E-state index in [9.17, 15) is 14.4 Å². The Morgan fingerprint density at radius 1 is 1.00 bits per heavy atom. The predicted octanol–water partition coefficient (Wildman–Crippen LogP) is 3.23. The summed E-state index contributed by atoms with van der Waals surface area (Å²) in [5, 5.41) is 9.22. The molecule has 2 aromatic carbocycles. The number of carbonyl (C=O) groups is 3. The Labute approximate surface area is 144 Å². The van der Waals surface area contributed by atoms with Crippen molar-refractivity contribution in [2.24, 2.45) is 0 Å². The Kier molecular flexibility index (Phi) is 5.71. The van der Waals surface area contributed by atoms with Crippen LogP contribution in [-0.4, -0.2) is 22.8 Å². The van der Waals surface area contributed by atoms with Crippen LogP contribution in [0.25, 0.3) is 0 Å². The third kappa shape index (κ3) is 4.67. The second-order valence-corrected chi connectivity index (χ2v) is 5.78. The van der Waals surface area contributed by atoms with Crippen molar-refractivity contribution < 1.29 is 19.5 Å². The predicted molar refractivity (Wildman–Crippen MR) is 91.1 cm³/mol. The number of benzene rings is 2. The molecule has 0 aliphatic heterocycles. The number of halogens is 1. The maximum Gasteiger partial charge on any atom is 0.372 e. The quantitative estimate of drug-likeness (QED) is 0.644. The first-order chi connectivity index (χ1) is 11.4. The molecule has 0 fully saturated rings. The lowest BCUT2D eigenvalue weighted by molar-refractivity contribution is -0.150. The lowest BCUT2D eigenvalue weighted by Crippen LogP contribution is -2.33. The Balaban J connectivity index is 2.28. The van der Waals surface area contributed by atoms with Crippen LogP contribution in [-0.2, 0) is 20.9 Å². The number of Topliss-reactive ketones (excluding diaryl/α,β-unsaturated/α-hetero) is 1. The molecule has 5 nitrogen and oxygen atoms in total. The minimum absolute atomic E-state index is 0.230. The van der Waals surface area contributed by atoms with E-state index in [0.717, 1.165) is 11.1 Å². The highest BCUT2D eigenvalue weighted by Crippen LogP contribution is 2.21. The van der Waals surface area contributed by atoms with E-state index in [1.54, 1.807) is 24.3 Å². The minimum atomic E-state index is -1.62. The van der Waals surface area contributed by atoms with Gasteiger partial charge in [0.05, 0.1) is 13.0 Å². The van der Waals surface area contributed by atoms with E-state index in [1.165, 1.54) is 4.90 Å². The van der Waals surface area contributed by atoms with Gasteiger partial charge in [0.15, 0.2) is 0 Å². The van der Waals surface area contributed by atoms with Crippen LogP contribution in [0, 0.1) is 6.92 Å². The lowest BCUT2D eigenvalue weighted by Gasteiger charge is -2.23. The van der Waals surface area contributed by atoms with Crippen LogP contribution >= 0.6 is 11.6 Å². The number of anilines is 1. The van der Waals surface area contributed by atoms with Crippen molar-refractivity contribution in [3.05, 3.63) is 64.7 Å². The molecule has 0 aliphatic rings. The number of nitrogens with zero attached hydrogens (tertiary/aromatic N) is 1. The Bertz CT molecular complexity index is 754. The first-order valence-electron chi connectivity index (χ1n) is 7.24. The Morgan fingerprint density at radius 3 is 2.12 bits per heavy atom. The SMILES string of the molecule is Cc1ccc(CN(C(=O)CC(=O)C(=O)O)c2ccc(Cl)cc2)cc1. The number of rotatable bonds is 6. The van der Waals surface area contributed by atoms with Crippen molar-refractivity contribution in [2.45, 2.75) is 19.9 Å². The van der Waals surface area contributed by atoms with Crippen molar-refractivity contribution in [2.75, 3.05) is 4.90 Å². The highest BCUT2D eigenvalue weighted by molar-refractivity contribution is 6.37. The summed E-state index contributed by atoms with van der Waals surface area (Å²) in [5.74, 6) is -3.33. The van der Waals surface area contributed by atoms with E-state index in [-0.39, 0.29) is 6.54 Å². The first-order valence-corrected chi connectivity index (χ1v) is 7.62. The Hall–Kier alpha value is -2.66. The molecule has 1 N–H and O–H groups in total. The molecule has 2 aromatic rings. The van der Waals surface area contributed by atoms with Crippen LogP contribution in [0.5, 0.6) is 0 Å². The second-order valence-electron chi connectivity index (χ2n) is 5.35. The third-order valence-electron chi connectivity index (χ3n) is 3.45. The van der Waals surface area contributed by atoms with Crippen LogP contribution < -0.4 is 4.90 Å². The lowest BCUT2D eigenvalue weighted by atomic mass is 10.1. The molecule has 0 saturated heterocycles. The number of hydrogen-bond donors (Lipinski definition) is 1. The van der Waals surface area contributed by atoms with Gasteiger partial charge in [-0.15, -0.1) is 0 Å². The van der Waals surface area contributed by atoms with Crippen LogP contribution in [0.3, 0.4) is 0 Å². The van der Waals surface area contributed by atoms with Gasteiger partial charge in [0.25, 0.3) is 0 Å². The summed E-state index contributed by atoms with van der Waals surface area (Å²) in [6.45, 7) is 2.19. The molecule has 0 bridgehead atoms. The fourth-order valence-corrected chi connectivity index (χ4v) is 2.25. The molecule has 0 unspecified atom stereocenters. The third-order valence-corrected chi connectivity index (χ3v) is 3.70. The van der Waals surface area contributed by atoms with E-state index in [2.05, 4.69) is 0 Å². The van der Waals surface area contributed by atoms with E-state index in [1.807, 2.05) is 31.2 Å². The number of ketones is 1. The molecule has 0 atom stereocenters. The summed E-state index contributed by atoms with van der Waals surface area (Å²) in [5.41, 5.74) is 2.50. The summed E-state index contributed by atoms with van der Waals surface area (Å²) in [6, 6.07) is 14.2. The molecule has 0 spiro atoms. The summed E-state index contributed by atoms with van der Waals surface area (Å²) in [4.78, 5) is 35.9. The highest BCUT2D eigenvalue weighted by atomic mass is 35.5. The van der Waals surface area contributed by atoms with E-state index >= 15 is 0 Å². The standard InChI is InChI=1S/C18H16ClNO4/c1-12-2-4-13(5-3-12)11-20(15-8-6-14(19)7-9-15)17(22)10-16(21)18(23)24/h2-9H,10-11H2,1H3,(H,23,24). The average Bonchev–Trinajstić information content (AvgIpc) is 2.55. The summed E-state index contributed by atoms with van der Waals surface area (Å²) < 4.78 is 0. The van der Waals surface area contributed by atoms with Gasteiger partial charge in [0.1, 0.15) is 0 Å². The second kappa shape index (κ2) is 7.75. The molecule has 24 heavy (non-hydrogen) atoms. The summed E-state index contributed by atoms with van der Waals surface area (Å²) in [7, 11) is 0. The number of aliphatic carboxylic acids is 1. The zero-order valence-electron chi connectivity index (χ0n) is 13.0. The van der Waals surface area contributed by atoms with Gasteiger partial charge in [-0.05, 0) is 36.8 Å². The average molecular weight is 346 g/mol. The number of carboxylic acid groups (broad SMARTS) is 1. The molecular formula is C18H16ClNO4. The van der Waals surface area contributed by atoms with E-state index in [0.29, 0.717) is 10.7 Å². The van der Waals surface area contributed by atoms with Gasteiger partial charge in [0, 0.05) is 10.7 Å². The normalized spacial score (nSPS) is 10.2. The van der Waals surface area contributed by atoms with Gasteiger partial charge in [0.2, 0.25) is 11.7 Å². The van der Waals surface area contributed by atoms with Crippen LogP contribution in [0.2, 0.25) is 5.02 Å². The number of hydrogen-bond acceptors (Lipinski definition) is 3. The first kappa shape index (κ1) is 17.7. The minimum Gasteiger partial charge on any atom is -0.475 e. The molecule has 0 aromatic heterocycles. The molecule has 0 heterocycles. The number of carbonyl (C=O) groups excluding carboxylic acids is 2. The van der Waals surface area contributed by atoms with Gasteiger partial charge in [-0.3, -0.25) is 9.59 Å². The van der Waals surface area contributed by atoms with Gasteiger partial charge in [-0.25, -0.2) is 4.79 Å². The van der Waals surface area contributed by atoms with Crippen molar-refractivity contribution in [3.63, 3.8) is 0 Å². The molecular weight excluding hydrogens is 330 g/mol. The van der Waals surface area contributed by atoms with Crippen molar-refractivity contribution in [1.29, 1.82) is 0 Å². The van der Waals surface area contributed by atoms with Gasteiger partial charge in [-0.2, -0.15) is 0 Å². The molecule has 1 amide bonds. The summed E-state index contributed by atoms with van der Waals surface area (Å²) in [6.07, 6.45) is -0.691. The number of amides is 1. The van der Waals surface area contributed by atoms with E-state index < -0.39 is 24.1 Å². The van der Waals surface area contributed by atoms with Gasteiger partial charge < -0.3 is 10.0 Å². The maximum atomic E-state index is 12.4. The van der Waals surface area contributed by atoms with Crippen LogP contribution in [0.1, 0.15) is 17.5 Å². The summed E-state index contributed by atoms with van der Waals surface area (Å²) >= 11 is 5.86. The zero-order chi connectivity index (χ0) is 17.7. The Morgan fingerprint density at radius 2 is 1.58 bits per heavy atom. The van der Waals surface area contributed by atoms with Crippen molar-refractivity contribution in [1.82, 2.24) is 0 Å². The maximum absolute atomic E-state index is 12.4. The fraction of sp³-hybridized carbons (Fsp3) is 0.167. The monoisotopic (exact) mass is 345 g/mol. The van der Waals surface area contributed by atoms with Crippen LogP contribution in [0.15, 0.2) is 48.5 Å². The topological polar surface area (TPSA) is 74.7 Å².